The number of benzene rings is 2. The van der Waals surface area contributed by atoms with Crippen LogP contribution >= 0.6 is 11.6 Å². The van der Waals surface area contributed by atoms with E-state index in [-0.39, 0.29) is 24.3 Å². The molecule has 142 valence electrons. The zero-order chi connectivity index (χ0) is 19.4. The highest BCUT2D eigenvalue weighted by atomic mass is 35.5. The van der Waals surface area contributed by atoms with Gasteiger partial charge < -0.3 is 20.3 Å². The molecular weight excluding hydrogens is 366 g/mol. The fraction of sp³-hybridized carbons (Fsp3) is 0.300. The minimum Gasteiger partial charge on any atom is -0.491 e. The number of hydrogen-bond donors (Lipinski definition) is 2. The maximum atomic E-state index is 12.4. The van der Waals surface area contributed by atoms with Crippen molar-refractivity contribution in [1.82, 2.24) is 10.2 Å². The Morgan fingerprint density at radius 3 is 2.44 bits per heavy atom. The Kier molecular flexibility index (Phi) is 5.86. The van der Waals surface area contributed by atoms with E-state index in [0.717, 1.165) is 17.0 Å². The highest BCUT2D eigenvalue weighted by molar-refractivity contribution is 6.30. The van der Waals surface area contributed by atoms with Gasteiger partial charge in [0.05, 0.1) is 6.10 Å². The Balaban J connectivity index is 1.74. The number of hydrogen-bond acceptors (Lipinski definition) is 4. The third-order valence-electron chi connectivity index (χ3n) is 4.04. The van der Waals surface area contributed by atoms with E-state index in [2.05, 4.69) is 10.6 Å². The number of amides is 2. The maximum Gasteiger partial charge on any atom is 0.235 e. The van der Waals surface area contributed by atoms with Crippen molar-refractivity contribution in [2.75, 3.05) is 5.32 Å². The highest BCUT2D eigenvalue weighted by Gasteiger charge is 2.32. The van der Waals surface area contributed by atoms with Gasteiger partial charge >= 0.3 is 0 Å². The van der Waals surface area contributed by atoms with Gasteiger partial charge in [0, 0.05) is 17.3 Å². The molecule has 2 aromatic carbocycles. The lowest BCUT2D eigenvalue weighted by Gasteiger charge is -2.36. The van der Waals surface area contributed by atoms with Gasteiger partial charge in [-0.2, -0.15) is 0 Å². The lowest BCUT2D eigenvalue weighted by Crippen LogP contribution is -2.59. The van der Waals surface area contributed by atoms with Gasteiger partial charge in [-0.15, -0.1) is 0 Å². The second-order valence-corrected chi connectivity index (χ2v) is 7.07. The summed E-state index contributed by atoms with van der Waals surface area (Å²) in [5.41, 5.74) is 1.70. The standard InChI is InChI=1S/C20H22ClN3O3/c1-13(2)27-17-9-7-16(8-10-17)22-20-23-18(25)11-19(26)24(20)12-14-3-5-15(21)6-4-14/h3-10,13,20,22H,11-12H2,1-2H3,(H,23,25). The lowest BCUT2D eigenvalue weighted by atomic mass is 10.2. The summed E-state index contributed by atoms with van der Waals surface area (Å²) in [5, 5.41) is 6.65. The third-order valence-corrected chi connectivity index (χ3v) is 4.29. The second-order valence-electron chi connectivity index (χ2n) is 6.63. The molecule has 2 N–H and O–H groups in total. The van der Waals surface area contributed by atoms with E-state index in [1.165, 1.54) is 0 Å². The van der Waals surface area contributed by atoms with Crippen molar-refractivity contribution in [3.05, 3.63) is 59.1 Å². The van der Waals surface area contributed by atoms with Crippen LogP contribution in [0, 0.1) is 0 Å². The van der Waals surface area contributed by atoms with Crippen LogP contribution in [-0.2, 0) is 16.1 Å². The first-order valence-corrected chi connectivity index (χ1v) is 9.15. The summed E-state index contributed by atoms with van der Waals surface area (Å²) in [6, 6.07) is 14.7. The van der Waals surface area contributed by atoms with E-state index in [4.69, 9.17) is 16.3 Å². The average molecular weight is 388 g/mol. The third kappa shape index (κ3) is 5.14. The molecule has 1 heterocycles. The van der Waals surface area contributed by atoms with Crippen LogP contribution in [0.5, 0.6) is 5.75 Å². The molecule has 2 amide bonds. The molecule has 0 aromatic heterocycles. The topological polar surface area (TPSA) is 70.7 Å². The molecule has 0 radical (unpaired) electrons. The zero-order valence-corrected chi connectivity index (χ0v) is 16.0. The first-order valence-electron chi connectivity index (χ1n) is 8.77. The molecule has 6 nitrogen and oxygen atoms in total. The molecule has 1 atom stereocenters. The zero-order valence-electron chi connectivity index (χ0n) is 15.2. The van der Waals surface area contributed by atoms with Gasteiger partial charge in [0.2, 0.25) is 11.8 Å². The van der Waals surface area contributed by atoms with Crippen LogP contribution in [0.15, 0.2) is 48.5 Å². The predicted molar refractivity (Wildman–Crippen MR) is 104 cm³/mol. The van der Waals surface area contributed by atoms with E-state index in [0.29, 0.717) is 11.6 Å². The minimum atomic E-state index is -0.633. The lowest BCUT2D eigenvalue weighted by molar-refractivity contribution is -0.144. The number of carbonyl (C=O) groups excluding carboxylic acids is 2. The molecule has 0 saturated carbocycles. The normalized spacial score (nSPS) is 17.0. The van der Waals surface area contributed by atoms with E-state index >= 15 is 0 Å². The molecule has 2 aromatic rings. The van der Waals surface area contributed by atoms with Crippen molar-refractivity contribution in [1.29, 1.82) is 0 Å². The van der Waals surface area contributed by atoms with Gasteiger partial charge in [0.15, 0.2) is 6.29 Å². The highest BCUT2D eigenvalue weighted by Crippen LogP contribution is 2.20. The smallest absolute Gasteiger partial charge is 0.235 e. The van der Waals surface area contributed by atoms with Gasteiger partial charge in [0.25, 0.3) is 0 Å². The summed E-state index contributed by atoms with van der Waals surface area (Å²) in [5.74, 6) is 0.230. The van der Waals surface area contributed by atoms with Crippen LogP contribution in [0.1, 0.15) is 25.8 Å². The summed E-state index contributed by atoms with van der Waals surface area (Å²) >= 11 is 5.92. The second kappa shape index (κ2) is 8.31. The first-order chi connectivity index (χ1) is 12.9. The maximum absolute atomic E-state index is 12.4. The summed E-state index contributed by atoms with van der Waals surface area (Å²) in [4.78, 5) is 25.9. The molecule has 0 spiro atoms. The monoisotopic (exact) mass is 387 g/mol. The Morgan fingerprint density at radius 1 is 1.15 bits per heavy atom. The molecule has 1 aliphatic heterocycles. The molecule has 7 heteroatoms. The number of carbonyl (C=O) groups is 2. The van der Waals surface area contributed by atoms with Gasteiger partial charge in [-0.05, 0) is 55.8 Å². The van der Waals surface area contributed by atoms with Crippen molar-refractivity contribution < 1.29 is 14.3 Å². The largest absolute Gasteiger partial charge is 0.491 e. The quantitative estimate of drug-likeness (QED) is 0.745. The number of nitrogens with one attached hydrogen (secondary N) is 2. The number of ether oxygens (including phenoxy) is 1. The molecule has 1 aliphatic rings. The Morgan fingerprint density at radius 2 is 1.81 bits per heavy atom. The van der Waals surface area contributed by atoms with Crippen molar-refractivity contribution in [2.45, 2.75) is 39.2 Å². The molecule has 1 saturated heterocycles. The molecule has 3 rings (SSSR count). The Bertz CT molecular complexity index is 806. The van der Waals surface area contributed by atoms with Crippen molar-refractivity contribution >= 4 is 29.1 Å². The number of halogens is 1. The number of nitrogens with zero attached hydrogens (tertiary/aromatic N) is 1. The van der Waals surface area contributed by atoms with Crippen LogP contribution in [-0.4, -0.2) is 29.1 Å². The molecule has 0 aliphatic carbocycles. The SMILES string of the molecule is CC(C)Oc1ccc(NC2NC(=O)CC(=O)N2Cc2ccc(Cl)cc2)cc1. The fourth-order valence-electron chi connectivity index (χ4n) is 2.80. The fourth-order valence-corrected chi connectivity index (χ4v) is 2.93. The number of anilines is 1. The molecule has 1 unspecified atom stereocenters. The van der Waals surface area contributed by atoms with E-state index < -0.39 is 6.29 Å². The summed E-state index contributed by atoms with van der Waals surface area (Å²) in [7, 11) is 0. The van der Waals surface area contributed by atoms with Crippen LogP contribution in [0.4, 0.5) is 5.69 Å². The van der Waals surface area contributed by atoms with Gasteiger partial charge in [-0.3, -0.25) is 9.59 Å². The molecular formula is C20H22ClN3O3. The molecule has 1 fully saturated rings. The first kappa shape index (κ1) is 19.0. The summed E-state index contributed by atoms with van der Waals surface area (Å²) in [6.07, 6.45) is -0.701. The Hall–Kier alpha value is -2.73. The number of rotatable bonds is 6. The van der Waals surface area contributed by atoms with Gasteiger partial charge in [0.1, 0.15) is 12.2 Å². The summed E-state index contributed by atoms with van der Waals surface area (Å²) in [6.45, 7) is 4.29. The van der Waals surface area contributed by atoms with Crippen LogP contribution in [0.3, 0.4) is 0 Å². The molecule has 0 bridgehead atoms. The van der Waals surface area contributed by atoms with E-state index in [1.54, 1.807) is 17.0 Å². The van der Waals surface area contributed by atoms with Crippen molar-refractivity contribution in [2.24, 2.45) is 0 Å². The van der Waals surface area contributed by atoms with Crippen LogP contribution < -0.4 is 15.4 Å². The van der Waals surface area contributed by atoms with E-state index in [1.807, 2.05) is 50.2 Å². The average Bonchev–Trinajstić information content (AvgIpc) is 2.61. The van der Waals surface area contributed by atoms with Crippen LogP contribution in [0.2, 0.25) is 5.02 Å². The Labute approximate surface area is 163 Å². The van der Waals surface area contributed by atoms with Crippen LogP contribution in [0.25, 0.3) is 0 Å². The summed E-state index contributed by atoms with van der Waals surface area (Å²) < 4.78 is 5.63. The van der Waals surface area contributed by atoms with Gasteiger partial charge in [-0.25, -0.2) is 0 Å². The van der Waals surface area contributed by atoms with E-state index in [9.17, 15) is 9.59 Å². The minimum absolute atomic E-state index is 0.0916. The predicted octanol–water partition coefficient (Wildman–Crippen LogP) is 3.37. The van der Waals surface area contributed by atoms with Crippen molar-refractivity contribution in [3.63, 3.8) is 0 Å². The van der Waals surface area contributed by atoms with Crippen molar-refractivity contribution in [3.8, 4) is 5.75 Å². The van der Waals surface area contributed by atoms with Gasteiger partial charge in [-0.1, -0.05) is 23.7 Å². The molecule has 27 heavy (non-hydrogen) atoms.